The molecule has 1 aliphatic carbocycles. The van der Waals surface area contributed by atoms with E-state index in [9.17, 15) is 4.79 Å². The van der Waals surface area contributed by atoms with Crippen LogP contribution in [0.5, 0.6) is 0 Å². The van der Waals surface area contributed by atoms with E-state index >= 15 is 0 Å². The second-order valence-electron chi connectivity index (χ2n) is 4.21. The van der Waals surface area contributed by atoms with Crippen molar-refractivity contribution < 1.29 is 9.90 Å². The van der Waals surface area contributed by atoms with E-state index in [0.717, 1.165) is 18.7 Å². The predicted molar refractivity (Wildman–Crippen MR) is 57.0 cm³/mol. The number of aromatic nitrogens is 3. The van der Waals surface area contributed by atoms with Crippen molar-refractivity contribution in [2.24, 2.45) is 0 Å². The maximum absolute atomic E-state index is 11.6. The molecule has 0 radical (unpaired) electrons. The highest BCUT2D eigenvalue weighted by atomic mass is 16.3. The van der Waals surface area contributed by atoms with Gasteiger partial charge in [0, 0.05) is 18.6 Å². The first-order valence-electron chi connectivity index (χ1n) is 5.54. The first kappa shape index (κ1) is 11.1. The van der Waals surface area contributed by atoms with Crippen LogP contribution >= 0.6 is 0 Å². The van der Waals surface area contributed by atoms with E-state index in [2.05, 4.69) is 20.5 Å². The quantitative estimate of drug-likeness (QED) is 0.665. The van der Waals surface area contributed by atoms with E-state index in [4.69, 9.17) is 5.11 Å². The molecule has 1 aromatic rings. The molecule has 1 amide bonds. The minimum absolute atomic E-state index is 0.0583. The molecule has 1 unspecified atom stereocenters. The topological polar surface area (TPSA) is 90.9 Å². The van der Waals surface area contributed by atoms with Crippen LogP contribution in [0, 0.1) is 0 Å². The summed E-state index contributed by atoms with van der Waals surface area (Å²) in [7, 11) is 0. The minimum atomic E-state index is -0.288. The van der Waals surface area contributed by atoms with Crippen LogP contribution in [-0.2, 0) is 0 Å². The highest BCUT2D eigenvalue weighted by molar-refractivity contribution is 5.90. The van der Waals surface area contributed by atoms with Crippen LogP contribution in [-0.4, -0.2) is 38.8 Å². The number of amides is 1. The van der Waals surface area contributed by atoms with E-state index < -0.39 is 0 Å². The maximum atomic E-state index is 11.6. The molecule has 1 heterocycles. The zero-order chi connectivity index (χ0) is 11.5. The summed E-state index contributed by atoms with van der Waals surface area (Å²) >= 11 is 0. The lowest BCUT2D eigenvalue weighted by atomic mass is 10.2. The van der Waals surface area contributed by atoms with Gasteiger partial charge in [0.05, 0.1) is 0 Å². The molecule has 0 aromatic carbocycles. The van der Waals surface area contributed by atoms with Gasteiger partial charge in [-0.05, 0) is 26.2 Å². The summed E-state index contributed by atoms with van der Waals surface area (Å²) in [5.74, 6) is 1.17. The molecule has 2 rings (SSSR count). The van der Waals surface area contributed by atoms with Crippen molar-refractivity contribution in [2.75, 3.05) is 6.61 Å². The molecule has 0 bridgehead atoms. The number of aliphatic hydroxyl groups excluding tert-OH is 1. The fourth-order valence-electron chi connectivity index (χ4n) is 1.47. The molecule has 1 aromatic heterocycles. The van der Waals surface area contributed by atoms with E-state index in [1.165, 1.54) is 0 Å². The molecule has 3 N–H and O–H groups in total. The van der Waals surface area contributed by atoms with Gasteiger partial charge in [0.1, 0.15) is 5.82 Å². The summed E-state index contributed by atoms with van der Waals surface area (Å²) in [6.07, 6.45) is 2.78. The van der Waals surface area contributed by atoms with Crippen LogP contribution in [0.1, 0.15) is 48.5 Å². The minimum Gasteiger partial charge on any atom is -0.396 e. The number of carbonyl (C=O) groups is 1. The third-order valence-electron chi connectivity index (χ3n) is 2.61. The summed E-state index contributed by atoms with van der Waals surface area (Å²) in [5.41, 5.74) is 0. The maximum Gasteiger partial charge on any atom is 0.291 e. The van der Waals surface area contributed by atoms with Gasteiger partial charge in [0.15, 0.2) is 0 Å². The van der Waals surface area contributed by atoms with Gasteiger partial charge in [-0.15, -0.1) is 5.10 Å². The number of hydrogen-bond donors (Lipinski definition) is 3. The molecule has 1 fully saturated rings. The second-order valence-corrected chi connectivity index (χ2v) is 4.21. The third kappa shape index (κ3) is 2.57. The van der Waals surface area contributed by atoms with E-state index in [1.807, 2.05) is 6.92 Å². The SMILES string of the molecule is CC(CCO)NC(=O)c1n[nH]c(C2CC2)n1. The molecule has 88 valence electrons. The van der Waals surface area contributed by atoms with Crippen molar-refractivity contribution in [3.8, 4) is 0 Å². The summed E-state index contributed by atoms with van der Waals surface area (Å²) in [6, 6.07) is -0.0691. The Bertz CT molecular complexity index is 373. The molecule has 16 heavy (non-hydrogen) atoms. The Labute approximate surface area is 93.5 Å². The third-order valence-corrected chi connectivity index (χ3v) is 2.61. The van der Waals surface area contributed by atoms with Gasteiger partial charge in [-0.3, -0.25) is 9.89 Å². The van der Waals surface area contributed by atoms with Gasteiger partial charge in [-0.1, -0.05) is 0 Å². The summed E-state index contributed by atoms with van der Waals surface area (Å²) in [5, 5.41) is 18.1. The number of carbonyl (C=O) groups excluding carboxylic acids is 1. The predicted octanol–water partition coefficient (Wildman–Crippen LogP) is 0.183. The Hall–Kier alpha value is -1.43. The second kappa shape index (κ2) is 4.61. The average Bonchev–Trinajstić information content (AvgIpc) is 2.96. The molecule has 0 saturated heterocycles. The molecular weight excluding hydrogens is 208 g/mol. The van der Waals surface area contributed by atoms with Gasteiger partial charge >= 0.3 is 0 Å². The van der Waals surface area contributed by atoms with Gasteiger partial charge in [0.2, 0.25) is 5.82 Å². The monoisotopic (exact) mass is 224 g/mol. The molecule has 0 spiro atoms. The van der Waals surface area contributed by atoms with Crippen LogP contribution in [0.4, 0.5) is 0 Å². The fourth-order valence-corrected chi connectivity index (χ4v) is 1.47. The normalized spacial score (nSPS) is 17.1. The average molecular weight is 224 g/mol. The Morgan fingerprint density at radius 3 is 3.06 bits per heavy atom. The van der Waals surface area contributed by atoms with Crippen molar-refractivity contribution in [1.82, 2.24) is 20.5 Å². The number of aliphatic hydroxyl groups is 1. The number of aromatic amines is 1. The largest absolute Gasteiger partial charge is 0.396 e. The van der Waals surface area contributed by atoms with Gasteiger partial charge in [-0.2, -0.15) is 0 Å². The fraction of sp³-hybridized carbons (Fsp3) is 0.700. The van der Waals surface area contributed by atoms with Crippen LogP contribution < -0.4 is 5.32 Å². The number of hydrogen-bond acceptors (Lipinski definition) is 4. The van der Waals surface area contributed by atoms with Crippen LogP contribution in [0.2, 0.25) is 0 Å². The number of rotatable bonds is 5. The molecule has 1 aliphatic rings. The molecule has 1 saturated carbocycles. The van der Waals surface area contributed by atoms with Crippen molar-refractivity contribution in [2.45, 2.75) is 38.1 Å². The first-order valence-corrected chi connectivity index (χ1v) is 5.54. The lowest BCUT2D eigenvalue weighted by Crippen LogP contribution is -2.33. The molecular formula is C10H16N4O2. The highest BCUT2D eigenvalue weighted by Gasteiger charge is 2.28. The summed E-state index contributed by atoms with van der Waals surface area (Å²) in [4.78, 5) is 15.8. The Balaban J connectivity index is 1.92. The Morgan fingerprint density at radius 1 is 1.69 bits per heavy atom. The van der Waals surface area contributed by atoms with Crippen molar-refractivity contribution in [3.63, 3.8) is 0 Å². The van der Waals surface area contributed by atoms with Crippen molar-refractivity contribution >= 4 is 5.91 Å². The Kier molecular flexibility index (Phi) is 3.19. The number of nitrogens with zero attached hydrogens (tertiary/aromatic N) is 2. The first-order chi connectivity index (χ1) is 7.70. The summed E-state index contributed by atoms with van der Waals surface area (Å²) < 4.78 is 0. The van der Waals surface area contributed by atoms with E-state index in [1.54, 1.807) is 0 Å². The highest BCUT2D eigenvalue weighted by Crippen LogP contribution is 2.37. The standard InChI is InChI=1S/C10H16N4O2/c1-6(4-5-15)11-10(16)9-12-8(13-14-9)7-2-3-7/h6-7,15H,2-5H2,1H3,(H,11,16)(H,12,13,14). The van der Waals surface area contributed by atoms with E-state index in [-0.39, 0.29) is 24.4 Å². The van der Waals surface area contributed by atoms with Crippen LogP contribution in [0.3, 0.4) is 0 Å². The molecule has 6 heteroatoms. The van der Waals surface area contributed by atoms with Gasteiger partial charge in [0.25, 0.3) is 5.91 Å². The molecule has 1 atom stereocenters. The van der Waals surface area contributed by atoms with Crippen LogP contribution in [0.25, 0.3) is 0 Å². The number of nitrogens with one attached hydrogen (secondary N) is 2. The van der Waals surface area contributed by atoms with Crippen molar-refractivity contribution in [1.29, 1.82) is 0 Å². The van der Waals surface area contributed by atoms with E-state index in [0.29, 0.717) is 12.3 Å². The van der Waals surface area contributed by atoms with Gasteiger partial charge in [-0.25, -0.2) is 4.98 Å². The Morgan fingerprint density at radius 2 is 2.44 bits per heavy atom. The zero-order valence-electron chi connectivity index (χ0n) is 9.23. The van der Waals surface area contributed by atoms with Crippen LogP contribution in [0.15, 0.2) is 0 Å². The molecule has 6 nitrogen and oxygen atoms in total. The lowest BCUT2D eigenvalue weighted by Gasteiger charge is -2.09. The van der Waals surface area contributed by atoms with Crippen molar-refractivity contribution in [3.05, 3.63) is 11.6 Å². The molecule has 0 aliphatic heterocycles. The lowest BCUT2D eigenvalue weighted by molar-refractivity contribution is 0.0924. The zero-order valence-corrected chi connectivity index (χ0v) is 9.23. The smallest absolute Gasteiger partial charge is 0.291 e. The van der Waals surface area contributed by atoms with Gasteiger partial charge < -0.3 is 10.4 Å². The summed E-state index contributed by atoms with van der Waals surface area (Å²) in [6.45, 7) is 1.89. The number of H-pyrrole nitrogens is 1.